The summed E-state index contributed by atoms with van der Waals surface area (Å²) >= 11 is 0. The fourth-order valence-corrected chi connectivity index (χ4v) is 5.51. The van der Waals surface area contributed by atoms with Crippen LogP contribution in [0.3, 0.4) is 0 Å². The quantitative estimate of drug-likeness (QED) is 0.150. The Morgan fingerprint density at radius 1 is 0.576 bits per heavy atom. The third-order valence-corrected chi connectivity index (χ3v) is 7.54. The number of hydrogen-bond donors (Lipinski definition) is 0. The van der Waals surface area contributed by atoms with E-state index in [4.69, 9.17) is 0 Å². The highest BCUT2D eigenvalue weighted by molar-refractivity contribution is 6.33. The van der Waals surface area contributed by atoms with Gasteiger partial charge >= 0.3 is 0 Å². The van der Waals surface area contributed by atoms with Crippen LogP contribution in [0.4, 0.5) is 0 Å². The van der Waals surface area contributed by atoms with Gasteiger partial charge in [0.05, 0.1) is 0 Å². The van der Waals surface area contributed by atoms with Gasteiger partial charge in [-0.3, -0.25) is 0 Å². The molecule has 5 aromatic rings. The highest BCUT2D eigenvalue weighted by Crippen LogP contribution is 2.44. The van der Waals surface area contributed by atoms with Crippen molar-refractivity contribution < 1.29 is 0 Å². The van der Waals surface area contributed by atoms with Crippen LogP contribution >= 0.6 is 0 Å². The maximum absolute atomic E-state index is 2.48. The Hall–Kier alpha value is -2.60. The lowest BCUT2D eigenvalue weighted by atomic mass is 9.79. The van der Waals surface area contributed by atoms with Gasteiger partial charge in [-0.1, -0.05) is 104 Å². The minimum atomic E-state index is 0.110. The van der Waals surface area contributed by atoms with Gasteiger partial charge in [-0.25, -0.2) is 0 Å². The van der Waals surface area contributed by atoms with Gasteiger partial charge in [0.1, 0.15) is 0 Å². The second-order valence-corrected chi connectivity index (χ2v) is 12.1. The minimum absolute atomic E-state index is 0.110. The average molecular weight is 435 g/mol. The molecule has 0 aliphatic heterocycles. The third-order valence-electron chi connectivity index (χ3n) is 7.54. The van der Waals surface area contributed by atoms with E-state index in [0.717, 1.165) is 0 Å². The number of aryl methyl sites for hydroxylation is 1. The molecule has 0 heteroatoms. The van der Waals surface area contributed by atoms with Crippen molar-refractivity contribution in [2.24, 2.45) is 0 Å². The van der Waals surface area contributed by atoms with Crippen molar-refractivity contribution in [3.8, 4) is 0 Å². The van der Waals surface area contributed by atoms with Crippen LogP contribution in [0.25, 0.3) is 43.1 Å². The number of unbranched alkanes of at least 4 members (excludes halogenated alkanes) is 2. The molecule has 0 nitrogen and oxygen atoms in total. The largest absolute Gasteiger partial charge is 0.0654 e. The first kappa shape index (κ1) is 22.2. The molecule has 0 bridgehead atoms. The first-order valence-electron chi connectivity index (χ1n) is 12.8. The summed E-state index contributed by atoms with van der Waals surface area (Å²) in [7, 11) is 0. The van der Waals surface area contributed by atoms with Crippen LogP contribution in [0.5, 0.6) is 0 Å². The van der Waals surface area contributed by atoms with Crippen LogP contribution in [0.2, 0.25) is 0 Å². The molecule has 0 saturated carbocycles. The van der Waals surface area contributed by atoms with Crippen molar-refractivity contribution in [1.82, 2.24) is 0 Å². The van der Waals surface area contributed by atoms with Gasteiger partial charge in [0, 0.05) is 0 Å². The predicted molar refractivity (Wildman–Crippen MR) is 148 cm³/mol. The summed E-state index contributed by atoms with van der Waals surface area (Å²) in [4.78, 5) is 0. The van der Waals surface area contributed by atoms with Gasteiger partial charge < -0.3 is 0 Å². The van der Waals surface area contributed by atoms with Crippen molar-refractivity contribution in [1.29, 1.82) is 0 Å². The molecule has 0 aromatic heterocycles. The fourth-order valence-electron chi connectivity index (χ4n) is 5.51. The zero-order valence-electron chi connectivity index (χ0n) is 21.5. The van der Waals surface area contributed by atoms with E-state index in [-0.39, 0.29) is 10.8 Å². The lowest BCUT2D eigenvalue weighted by Gasteiger charge is -2.25. The maximum atomic E-state index is 2.48. The van der Waals surface area contributed by atoms with Crippen LogP contribution in [-0.2, 0) is 17.3 Å². The Balaban J connectivity index is 1.97. The van der Waals surface area contributed by atoms with E-state index in [2.05, 4.69) is 103 Å². The topological polar surface area (TPSA) is 0 Å². The van der Waals surface area contributed by atoms with Gasteiger partial charge in [-0.05, 0) is 95.6 Å². The molecule has 0 unspecified atom stereocenters. The van der Waals surface area contributed by atoms with Crippen LogP contribution in [0.1, 0.15) is 84.4 Å². The Bertz CT molecular complexity index is 1400. The maximum Gasteiger partial charge on any atom is -0.00236 e. The zero-order chi connectivity index (χ0) is 23.5. The zero-order valence-corrected chi connectivity index (χ0v) is 21.5. The summed E-state index contributed by atoms with van der Waals surface area (Å²) in [5.74, 6) is 0. The monoisotopic (exact) mass is 434 g/mol. The van der Waals surface area contributed by atoms with Crippen molar-refractivity contribution in [2.75, 3.05) is 0 Å². The molecule has 0 saturated heterocycles. The molecular formula is C33H38. The SMILES string of the molecule is CCCCCc1ccc2c3cc(C(C)(C)C)cc4cc(C(C)(C)C)cc(c5cccc1c52)c43. The summed E-state index contributed by atoms with van der Waals surface area (Å²) in [6.07, 6.45) is 5.00. The van der Waals surface area contributed by atoms with E-state index in [0.29, 0.717) is 0 Å². The Labute approximate surface area is 199 Å². The van der Waals surface area contributed by atoms with Gasteiger partial charge in [-0.2, -0.15) is 0 Å². The predicted octanol–water partition coefficient (Wildman–Crippen LogP) is 10.1. The van der Waals surface area contributed by atoms with Gasteiger partial charge in [0.15, 0.2) is 0 Å². The lowest BCUT2D eigenvalue weighted by Crippen LogP contribution is -2.12. The van der Waals surface area contributed by atoms with Crippen molar-refractivity contribution in [2.45, 2.75) is 85.0 Å². The van der Waals surface area contributed by atoms with Gasteiger partial charge in [0.25, 0.3) is 0 Å². The molecule has 0 amide bonds. The molecule has 0 atom stereocenters. The summed E-state index contributed by atoms with van der Waals surface area (Å²) in [5, 5.41) is 11.4. The smallest absolute Gasteiger partial charge is 0.00236 e. The molecule has 170 valence electrons. The summed E-state index contributed by atoms with van der Waals surface area (Å²) in [6, 6.07) is 21.6. The molecule has 0 heterocycles. The Morgan fingerprint density at radius 2 is 1.15 bits per heavy atom. The van der Waals surface area contributed by atoms with Crippen LogP contribution in [0, 0.1) is 0 Å². The summed E-state index contributed by atoms with van der Waals surface area (Å²) in [6.45, 7) is 16.3. The second kappa shape index (κ2) is 7.73. The number of fused-ring (bicyclic) bond motifs is 2. The summed E-state index contributed by atoms with van der Waals surface area (Å²) in [5.41, 5.74) is 4.56. The number of rotatable bonds is 4. The number of hydrogen-bond acceptors (Lipinski definition) is 0. The van der Waals surface area contributed by atoms with E-state index in [1.807, 2.05) is 0 Å². The molecule has 0 radical (unpaired) electrons. The van der Waals surface area contributed by atoms with E-state index in [9.17, 15) is 0 Å². The van der Waals surface area contributed by atoms with Gasteiger partial charge in [-0.15, -0.1) is 0 Å². The molecule has 5 rings (SSSR count). The third kappa shape index (κ3) is 3.68. The molecule has 0 spiro atoms. The fraction of sp³-hybridized carbons (Fsp3) is 0.394. The van der Waals surface area contributed by atoms with Crippen LogP contribution in [0.15, 0.2) is 54.6 Å². The van der Waals surface area contributed by atoms with E-state index in [1.54, 1.807) is 0 Å². The highest BCUT2D eigenvalue weighted by atomic mass is 14.3. The molecular weight excluding hydrogens is 396 g/mol. The van der Waals surface area contributed by atoms with E-state index < -0.39 is 0 Å². The van der Waals surface area contributed by atoms with Gasteiger partial charge in [0.2, 0.25) is 0 Å². The van der Waals surface area contributed by atoms with Crippen molar-refractivity contribution in [3.05, 3.63) is 71.3 Å². The van der Waals surface area contributed by atoms with Crippen molar-refractivity contribution >= 4 is 43.1 Å². The highest BCUT2D eigenvalue weighted by Gasteiger charge is 2.22. The minimum Gasteiger partial charge on any atom is -0.0654 e. The second-order valence-electron chi connectivity index (χ2n) is 12.1. The first-order chi connectivity index (χ1) is 15.6. The standard InChI is InChI=1S/C33H38/c1-8-9-10-12-21-15-16-27-29-20-24(33(5,6)7)18-22-17-23(32(2,3)4)19-28(30(22)29)26-14-11-13-25(21)31(26)27/h11,13-20H,8-10,12H2,1-7H3. The van der Waals surface area contributed by atoms with E-state index in [1.165, 1.54) is 85.5 Å². The van der Waals surface area contributed by atoms with Crippen LogP contribution in [-0.4, -0.2) is 0 Å². The van der Waals surface area contributed by atoms with Crippen molar-refractivity contribution in [3.63, 3.8) is 0 Å². The number of benzene rings is 5. The molecule has 0 aliphatic carbocycles. The molecule has 5 aromatic carbocycles. The molecule has 33 heavy (non-hydrogen) atoms. The average Bonchev–Trinajstić information content (AvgIpc) is 2.76. The summed E-state index contributed by atoms with van der Waals surface area (Å²) < 4.78 is 0. The molecule has 0 fully saturated rings. The normalized spacial score (nSPS) is 13.2. The molecule has 0 aliphatic rings. The Kier molecular flexibility index (Phi) is 5.20. The van der Waals surface area contributed by atoms with E-state index >= 15 is 0 Å². The first-order valence-corrected chi connectivity index (χ1v) is 12.8. The molecule has 0 N–H and O–H groups in total. The lowest BCUT2D eigenvalue weighted by molar-refractivity contribution is 0.590. The Morgan fingerprint density at radius 3 is 1.73 bits per heavy atom. The van der Waals surface area contributed by atoms with Crippen LogP contribution < -0.4 is 0 Å².